The summed E-state index contributed by atoms with van der Waals surface area (Å²) < 4.78 is 5.69. The highest BCUT2D eigenvalue weighted by Gasteiger charge is 2.21. The third kappa shape index (κ3) is 5.76. The summed E-state index contributed by atoms with van der Waals surface area (Å²) in [5.41, 5.74) is 0.805. The number of ether oxygens (including phenoxy) is 1. The molecule has 0 heterocycles. The quantitative estimate of drug-likeness (QED) is 0.728. The van der Waals surface area contributed by atoms with Gasteiger partial charge in [0.25, 0.3) is 0 Å². The van der Waals surface area contributed by atoms with Crippen LogP contribution in [0.3, 0.4) is 0 Å². The van der Waals surface area contributed by atoms with Crippen LogP contribution in [-0.2, 0) is 0 Å². The van der Waals surface area contributed by atoms with Crippen LogP contribution < -0.4 is 10.1 Å². The lowest BCUT2D eigenvalue weighted by Crippen LogP contribution is -2.40. The van der Waals surface area contributed by atoms with Gasteiger partial charge in [0.1, 0.15) is 11.3 Å². The van der Waals surface area contributed by atoms with Gasteiger partial charge in [-0.15, -0.1) is 0 Å². The van der Waals surface area contributed by atoms with Crippen molar-refractivity contribution in [2.24, 2.45) is 0 Å². The number of hydrogen-bond acceptors (Lipinski definition) is 3. The average molecular weight is 260 g/mol. The zero-order valence-electron chi connectivity index (χ0n) is 12.2. The molecule has 1 aromatic carbocycles. The van der Waals surface area contributed by atoms with E-state index in [0.29, 0.717) is 6.61 Å². The second-order valence-corrected chi connectivity index (χ2v) is 5.10. The third-order valence-electron chi connectivity index (χ3n) is 3.14. The predicted molar refractivity (Wildman–Crippen MR) is 78.2 cm³/mol. The van der Waals surface area contributed by atoms with E-state index in [1.165, 1.54) is 5.56 Å². The molecule has 1 unspecified atom stereocenters. The summed E-state index contributed by atoms with van der Waals surface area (Å²) in [6.07, 6.45) is 2.81. The molecule has 1 rings (SSSR count). The summed E-state index contributed by atoms with van der Waals surface area (Å²) in [6, 6.07) is 10.4. The van der Waals surface area contributed by atoms with E-state index in [1.54, 1.807) is 0 Å². The van der Waals surface area contributed by atoms with Crippen molar-refractivity contribution in [1.82, 2.24) is 5.32 Å². The van der Waals surface area contributed by atoms with Gasteiger partial charge < -0.3 is 4.74 Å². The van der Waals surface area contributed by atoms with Gasteiger partial charge in [-0.2, -0.15) is 5.26 Å². The van der Waals surface area contributed by atoms with Gasteiger partial charge in [-0.3, -0.25) is 5.32 Å². The van der Waals surface area contributed by atoms with Crippen molar-refractivity contribution in [2.45, 2.75) is 45.6 Å². The first kappa shape index (κ1) is 15.5. The molecule has 0 bridgehead atoms. The van der Waals surface area contributed by atoms with E-state index < -0.39 is 5.54 Å². The molecule has 0 amide bonds. The van der Waals surface area contributed by atoms with Crippen molar-refractivity contribution in [3.05, 3.63) is 29.8 Å². The van der Waals surface area contributed by atoms with Gasteiger partial charge in [0.15, 0.2) is 0 Å². The molecule has 3 heteroatoms. The Balaban J connectivity index is 2.23. The molecule has 0 saturated heterocycles. The molecule has 104 valence electrons. The molecule has 1 atom stereocenters. The summed E-state index contributed by atoms with van der Waals surface area (Å²) >= 11 is 0. The number of nitrogens with zero attached hydrogens (tertiary/aromatic N) is 1. The largest absolute Gasteiger partial charge is 0.494 e. The molecule has 1 N–H and O–H groups in total. The van der Waals surface area contributed by atoms with E-state index in [4.69, 9.17) is 10.00 Å². The van der Waals surface area contributed by atoms with Gasteiger partial charge in [0.05, 0.1) is 12.7 Å². The monoisotopic (exact) mass is 260 g/mol. The highest BCUT2D eigenvalue weighted by molar-refractivity contribution is 5.27. The Bertz CT molecular complexity index is 425. The molecular formula is C16H24N2O. The average Bonchev–Trinajstić information content (AvgIpc) is 2.39. The maximum absolute atomic E-state index is 9.14. The van der Waals surface area contributed by atoms with Crippen LogP contribution in [0.1, 0.15) is 38.7 Å². The number of unbranched alkanes of at least 4 members (excludes halogenated alkanes) is 1. The fraction of sp³-hybridized carbons (Fsp3) is 0.562. The lowest BCUT2D eigenvalue weighted by molar-refractivity contribution is 0.296. The Morgan fingerprint density at radius 3 is 2.79 bits per heavy atom. The van der Waals surface area contributed by atoms with Crippen LogP contribution in [0.5, 0.6) is 5.75 Å². The van der Waals surface area contributed by atoms with Crippen LogP contribution in [0.4, 0.5) is 0 Å². The minimum atomic E-state index is -0.405. The Morgan fingerprint density at radius 2 is 2.16 bits per heavy atom. The van der Waals surface area contributed by atoms with Gasteiger partial charge in [0.2, 0.25) is 0 Å². The van der Waals surface area contributed by atoms with Crippen molar-refractivity contribution < 1.29 is 4.74 Å². The van der Waals surface area contributed by atoms with E-state index in [9.17, 15) is 0 Å². The van der Waals surface area contributed by atoms with E-state index in [1.807, 2.05) is 32.0 Å². The zero-order chi connectivity index (χ0) is 14.1. The Labute approximate surface area is 116 Å². The fourth-order valence-corrected chi connectivity index (χ4v) is 2.05. The van der Waals surface area contributed by atoms with E-state index in [0.717, 1.165) is 31.6 Å². The number of aryl methyl sites for hydroxylation is 1. The Kier molecular flexibility index (Phi) is 6.38. The number of nitriles is 1. The van der Waals surface area contributed by atoms with E-state index in [2.05, 4.69) is 24.4 Å². The van der Waals surface area contributed by atoms with Crippen LogP contribution in [-0.4, -0.2) is 18.7 Å². The van der Waals surface area contributed by atoms with Crippen molar-refractivity contribution in [1.29, 1.82) is 5.26 Å². The maximum atomic E-state index is 9.14. The fourth-order valence-electron chi connectivity index (χ4n) is 2.05. The SMILES string of the molecule is CCNC(C)(C#N)CCCCOc1cccc(C)c1. The van der Waals surface area contributed by atoms with E-state index >= 15 is 0 Å². The zero-order valence-corrected chi connectivity index (χ0v) is 12.2. The summed E-state index contributed by atoms with van der Waals surface area (Å²) in [5, 5.41) is 12.4. The molecule has 0 radical (unpaired) electrons. The van der Waals surface area contributed by atoms with E-state index in [-0.39, 0.29) is 0 Å². The van der Waals surface area contributed by atoms with Gasteiger partial charge in [-0.05, 0) is 57.4 Å². The number of hydrogen-bond donors (Lipinski definition) is 1. The van der Waals surface area contributed by atoms with Gasteiger partial charge >= 0.3 is 0 Å². The molecule has 0 aliphatic carbocycles. The molecule has 0 fully saturated rings. The van der Waals surface area contributed by atoms with Crippen molar-refractivity contribution in [2.75, 3.05) is 13.2 Å². The highest BCUT2D eigenvalue weighted by Crippen LogP contribution is 2.15. The highest BCUT2D eigenvalue weighted by atomic mass is 16.5. The smallest absolute Gasteiger partial charge is 0.119 e. The first-order valence-electron chi connectivity index (χ1n) is 6.95. The van der Waals surface area contributed by atoms with Crippen LogP contribution in [0.2, 0.25) is 0 Å². The molecule has 3 nitrogen and oxygen atoms in total. The predicted octanol–water partition coefficient (Wildman–Crippen LogP) is 3.44. The van der Waals surface area contributed by atoms with Gasteiger partial charge in [0, 0.05) is 0 Å². The summed E-state index contributed by atoms with van der Waals surface area (Å²) in [7, 11) is 0. The topological polar surface area (TPSA) is 45.0 Å². The molecule has 0 aliphatic heterocycles. The minimum Gasteiger partial charge on any atom is -0.494 e. The summed E-state index contributed by atoms with van der Waals surface area (Å²) in [5.74, 6) is 0.926. The standard InChI is InChI=1S/C16H24N2O/c1-4-18-16(3,13-17)10-5-6-11-19-15-9-7-8-14(2)12-15/h7-9,12,18H,4-6,10-11H2,1-3H3. The number of benzene rings is 1. The molecule has 19 heavy (non-hydrogen) atoms. The third-order valence-corrected chi connectivity index (χ3v) is 3.14. The number of rotatable bonds is 8. The van der Waals surface area contributed by atoms with Crippen molar-refractivity contribution >= 4 is 0 Å². The normalized spacial score (nSPS) is 13.6. The second kappa shape index (κ2) is 7.81. The lowest BCUT2D eigenvalue weighted by Gasteiger charge is -2.22. The van der Waals surface area contributed by atoms with Gasteiger partial charge in [-0.1, -0.05) is 19.1 Å². The van der Waals surface area contributed by atoms with Crippen molar-refractivity contribution in [3.8, 4) is 11.8 Å². The summed E-state index contributed by atoms with van der Waals surface area (Å²) in [4.78, 5) is 0. The Morgan fingerprint density at radius 1 is 1.37 bits per heavy atom. The molecule has 0 aliphatic rings. The van der Waals surface area contributed by atoms with Gasteiger partial charge in [-0.25, -0.2) is 0 Å². The molecule has 1 aromatic rings. The minimum absolute atomic E-state index is 0.405. The lowest BCUT2D eigenvalue weighted by atomic mass is 9.97. The molecular weight excluding hydrogens is 236 g/mol. The maximum Gasteiger partial charge on any atom is 0.119 e. The molecule has 0 aromatic heterocycles. The van der Waals surface area contributed by atoms with Crippen LogP contribution >= 0.6 is 0 Å². The molecule has 0 saturated carbocycles. The van der Waals surface area contributed by atoms with Crippen LogP contribution in [0, 0.1) is 18.3 Å². The first-order chi connectivity index (χ1) is 9.09. The summed E-state index contributed by atoms with van der Waals surface area (Å²) in [6.45, 7) is 7.57. The number of nitrogens with one attached hydrogen (secondary N) is 1. The van der Waals surface area contributed by atoms with Crippen LogP contribution in [0.15, 0.2) is 24.3 Å². The Hall–Kier alpha value is -1.53. The van der Waals surface area contributed by atoms with Crippen LogP contribution in [0.25, 0.3) is 0 Å². The second-order valence-electron chi connectivity index (χ2n) is 5.10. The molecule has 0 spiro atoms. The first-order valence-corrected chi connectivity index (χ1v) is 6.95. The van der Waals surface area contributed by atoms with Crippen molar-refractivity contribution in [3.63, 3.8) is 0 Å².